The maximum absolute atomic E-state index is 13.0. The van der Waals surface area contributed by atoms with E-state index in [0.717, 1.165) is 4.90 Å². The second-order valence-corrected chi connectivity index (χ2v) is 7.15. The normalized spacial score (nSPS) is 17.7. The van der Waals surface area contributed by atoms with Gasteiger partial charge in [0, 0.05) is 28.9 Å². The molecule has 2 aromatic carbocycles. The fourth-order valence-corrected chi connectivity index (χ4v) is 3.58. The molecule has 1 atom stereocenters. The molecule has 8 nitrogen and oxygen atoms in total. The monoisotopic (exact) mass is 435 g/mol. The van der Waals surface area contributed by atoms with Gasteiger partial charge in [-0.1, -0.05) is 29.8 Å². The minimum absolute atomic E-state index is 0.177. The second kappa shape index (κ2) is 8.00. The number of amides is 1. The molecule has 1 unspecified atom stereocenters. The summed E-state index contributed by atoms with van der Waals surface area (Å²) in [6, 6.07) is 15.4. The van der Waals surface area contributed by atoms with Crippen LogP contribution in [0, 0.1) is 10.1 Å². The lowest BCUT2D eigenvalue weighted by Gasteiger charge is -2.24. The zero-order chi connectivity index (χ0) is 22.1. The molecule has 1 aromatic heterocycles. The van der Waals surface area contributed by atoms with Crippen LogP contribution >= 0.6 is 11.6 Å². The van der Waals surface area contributed by atoms with E-state index in [2.05, 4.69) is 4.98 Å². The van der Waals surface area contributed by atoms with Crippen LogP contribution in [0.25, 0.3) is 5.76 Å². The first-order valence-corrected chi connectivity index (χ1v) is 9.48. The van der Waals surface area contributed by atoms with Crippen molar-refractivity contribution < 1.29 is 19.6 Å². The number of ketones is 1. The zero-order valence-electron chi connectivity index (χ0n) is 15.8. The minimum Gasteiger partial charge on any atom is -0.507 e. The molecule has 0 aliphatic carbocycles. The van der Waals surface area contributed by atoms with Crippen LogP contribution in [0.4, 0.5) is 11.5 Å². The minimum atomic E-state index is -1.11. The van der Waals surface area contributed by atoms with Crippen LogP contribution in [-0.2, 0) is 9.59 Å². The average Bonchev–Trinajstić information content (AvgIpc) is 3.05. The predicted molar refractivity (Wildman–Crippen MR) is 114 cm³/mol. The Morgan fingerprint density at radius 3 is 2.45 bits per heavy atom. The number of aliphatic hydroxyl groups is 1. The Bertz CT molecular complexity index is 1230. The topological polar surface area (TPSA) is 114 Å². The average molecular weight is 436 g/mol. The van der Waals surface area contributed by atoms with Gasteiger partial charge in [0.05, 0.1) is 16.5 Å². The molecule has 1 aliphatic heterocycles. The highest BCUT2D eigenvalue weighted by Crippen LogP contribution is 2.42. The van der Waals surface area contributed by atoms with Crippen molar-refractivity contribution in [2.75, 3.05) is 4.90 Å². The lowest BCUT2D eigenvalue weighted by atomic mass is 9.95. The van der Waals surface area contributed by atoms with Crippen molar-refractivity contribution in [3.05, 3.63) is 105 Å². The van der Waals surface area contributed by atoms with Crippen molar-refractivity contribution in [3.8, 4) is 0 Å². The lowest BCUT2D eigenvalue weighted by molar-refractivity contribution is -0.384. The van der Waals surface area contributed by atoms with Gasteiger partial charge in [0.1, 0.15) is 11.6 Å². The molecule has 1 fully saturated rings. The van der Waals surface area contributed by atoms with Gasteiger partial charge in [-0.3, -0.25) is 24.6 Å². The van der Waals surface area contributed by atoms with Crippen molar-refractivity contribution in [2.24, 2.45) is 0 Å². The van der Waals surface area contributed by atoms with Crippen LogP contribution in [0.2, 0.25) is 5.02 Å². The van der Waals surface area contributed by atoms with E-state index in [0.29, 0.717) is 5.02 Å². The Morgan fingerprint density at radius 2 is 1.81 bits per heavy atom. The summed E-state index contributed by atoms with van der Waals surface area (Å²) in [5, 5.41) is 22.7. The number of carbonyl (C=O) groups excluding carboxylic acids is 2. The quantitative estimate of drug-likeness (QED) is 0.215. The predicted octanol–water partition coefficient (Wildman–Crippen LogP) is 4.27. The maximum atomic E-state index is 13.0. The van der Waals surface area contributed by atoms with E-state index in [1.165, 1.54) is 54.7 Å². The van der Waals surface area contributed by atoms with Gasteiger partial charge < -0.3 is 5.11 Å². The van der Waals surface area contributed by atoms with Crippen molar-refractivity contribution in [1.82, 2.24) is 4.98 Å². The number of anilines is 1. The van der Waals surface area contributed by atoms with Gasteiger partial charge in [-0.25, -0.2) is 4.98 Å². The van der Waals surface area contributed by atoms with Crippen molar-refractivity contribution in [1.29, 1.82) is 0 Å². The molecule has 1 saturated heterocycles. The smallest absolute Gasteiger partial charge is 0.301 e. The standard InChI is InChI=1S/C22H14ClN3O5/c23-15-9-7-13(8-10-15)20(27)18-19(14-4-3-5-16(12-14)26(30)31)25(22(29)21(18)28)17-6-1-2-11-24-17/h1-12,19,27H/b20-18-. The van der Waals surface area contributed by atoms with Gasteiger partial charge in [0.2, 0.25) is 0 Å². The first-order valence-electron chi connectivity index (χ1n) is 9.11. The van der Waals surface area contributed by atoms with Crippen molar-refractivity contribution >= 4 is 40.6 Å². The van der Waals surface area contributed by atoms with Crippen LogP contribution in [0.1, 0.15) is 17.2 Å². The van der Waals surface area contributed by atoms with Crippen molar-refractivity contribution in [3.63, 3.8) is 0 Å². The van der Waals surface area contributed by atoms with E-state index in [4.69, 9.17) is 11.6 Å². The third kappa shape index (κ3) is 3.64. The fraction of sp³-hybridized carbons (Fsp3) is 0.0455. The van der Waals surface area contributed by atoms with E-state index in [9.17, 15) is 24.8 Å². The number of non-ortho nitro benzene ring substituents is 1. The summed E-state index contributed by atoms with van der Waals surface area (Å²) in [5.74, 6) is -2.05. The third-order valence-corrected chi connectivity index (χ3v) is 5.11. The maximum Gasteiger partial charge on any atom is 0.301 e. The highest BCUT2D eigenvalue weighted by molar-refractivity contribution is 6.51. The van der Waals surface area contributed by atoms with Gasteiger partial charge in [0.15, 0.2) is 0 Å². The Kier molecular flexibility index (Phi) is 5.22. The number of carbonyl (C=O) groups is 2. The number of pyridine rings is 1. The molecule has 0 spiro atoms. The second-order valence-electron chi connectivity index (χ2n) is 6.72. The molecular formula is C22H14ClN3O5. The first-order chi connectivity index (χ1) is 14.9. The third-order valence-electron chi connectivity index (χ3n) is 4.85. The summed E-state index contributed by atoms with van der Waals surface area (Å²) in [7, 11) is 0. The molecule has 0 bridgehead atoms. The number of nitro benzene ring substituents is 1. The summed E-state index contributed by atoms with van der Waals surface area (Å²) in [6.07, 6.45) is 1.46. The number of hydrogen-bond donors (Lipinski definition) is 1. The number of aliphatic hydroxyl groups excluding tert-OH is 1. The number of rotatable bonds is 4. The van der Waals surface area contributed by atoms with E-state index in [1.807, 2.05) is 0 Å². The summed E-state index contributed by atoms with van der Waals surface area (Å²) in [4.78, 5) is 41.9. The Morgan fingerprint density at radius 1 is 1.06 bits per heavy atom. The summed E-state index contributed by atoms with van der Waals surface area (Å²) in [6.45, 7) is 0. The number of aromatic nitrogens is 1. The molecule has 0 radical (unpaired) electrons. The Hall–Kier alpha value is -4.04. The number of hydrogen-bond acceptors (Lipinski definition) is 6. The molecule has 154 valence electrons. The van der Waals surface area contributed by atoms with Gasteiger partial charge in [-0.05, 0) is 42.0 Å². The largest absolute Gasteiger partial charge is 0.507 e. The van der Waals surface area contributed by atoms with Gasteiger partial charge in [0.25, 0.3) is 11.5 Å². The molecule has 0 saturated carbocycles. The highest BCUT2D eigenvalue weighted by Gasteiger charge is 2.47. The van der Waals surface area contributed by atoms with E-state index in [1.54, 1.807) is 18.2 Å². The molecule has 2 heterocycles. The molecule has 9 heteroatoms. The van der Waals surface area contributed by atoms with Crippen LogP contribution < -0.4 is 4.90 Å². The lowest BCUT2D eigenvalue weighted by Crippen LogP contribution is -2.30. The zero-order valence-corrected chi connectivity index (χ0v) is 16.6. The molecular weight excluding hydrogens is 422 g/mol. The van der Waals surface area contributed by atoms with E-state index >= 15 is 0 Å². The Labute approximate surface area is 181 Å². The molecule has 3 aromatic rings. The Balaban J connectivity index is 1.96. The molecule has 31 heavy (non-hydrogen) atoms. The van der Waals surface area contributed by atoms with Crippen LogP contribution in [0.3, 0.4) is 0 Å². The number of benzene rings is 2. The summed E-state index contributed by atoms with van der Waals surface area (Å²) >= 11 is 5.90. The van der Waals surface area contributed by atoms with Gasteiger partial charge in [-0.2, -0.15) is 0 Å². The molecule has 1 N–H and O–H groups in total. The number of halogens is 1. The first kappa shape index (κ1) is 20.2. The molecule has 1 aliphatic rings. The highest BCUT2D eigenvalue weighted by atomic mass is 35.5. The van der Waals surface area contributed by atoms with Crippen LogP contribution in [0.5, 0.6) is 0 Å². The van der Waals surface area contributed by atoms with Gasteiger partial charge in [-0.15, -0.1) is 0 Å². The summed E-state index contributed by atoms with van der Waals surface area (Å²) < 4.78 is 0. The fourth-order valence-electron chi connectivity index (χ4n) is 3.45. The number of Topliss-reactive ketones (excluding diaryl/α,β-unsaturated/α-hetero) is 1. The van der Waals surface area contributed by atoms with Crippen LogP contribution in [-0.4, -0.2) is 26.7 Å². The van der Waals surface area contributed by atoms with E-state index < -0.39 is 28.4 Å². The van der Waals surface area contributed by atoms with Crippen molar-refractivity contribution in [2.45, 2.75) is 6.04 Å². The SMILES string of the molecule is O=C1C(=O)N(c2ccccn2)C(c2cccc([N+](=O)[O-])c2)/C1=C(/O)c1ccc(Cl)cc1. The van der Waals surface area contributed by atoms with Crippen LogP contribution in [0.15, 0.2) is 78.5 Å². The van der Waals surface area contributed by atoms with Gasteiger partial charge >= 0.3 is 5.91 Å². The van der Waals surface area contributed by atoms with E-state index in [-0.39, 0.29) is 28.2 Å². The molecule has 1 amide bonds. The summed E-state index contributed by atoms with van der Waals surface area (Å²) in [5.41, 5.74) is 0.155. The number of nitro groups is 1. The molecule has 4 rings (SSSR count). The number of nitrogens with zero attached hydrogens (tertiary/aromatic N) is 3.